The second-order valence-corrected chi connectivity index (χ2v) is 2.97. The number of nitrogens with one attached hydrogen (secondary N) is 1. The van der Waals surface area contributed by atoms with Crippen LogP contribution in [0.1, 0.15) is 5.56 Å². The van der Waals surface area contributed by atoms with E-state index in [4.69, 9.17) is 11.6 Å². The van der Waals surface area contributed by atoms with Crippen LogP contribution in [0.3, 0.4) is 0 Å². The van der Waals surface area contributed by atoms with E-state index in [-0.39, 0.29) is 12.4 Å². The van der Waals surface area contributed by atoms with Crippen LogP contribution in [0.15, 0.2) is 18.2 Å². The average molecular weight is 202 g/mol. The Hall–Kier alpha value is -0.930. The van der Waals surface area contributed by atoms with Gasteiger partial charge >= 0.3 is 0 Å². The first-order chi connectivity index (χ1) is 6.24. The minimum Gasteiger partial charge on any atom is -0.306 e. The van der Waals surface area contributed by atoms with Gasteiger partial charge < -0.3 is 10.1 Å². The highest BCUT2D eigenvalue weighted by molar-refractivity contribution is 6.30. The van der Waals surface area contributed by atoms with Gasteiger partial charge in [0.05, 0.1) is 6.54 Å². The molecule has 0 aliphatic carbocycles. The molecule has 0 aliphatic heterocycles. The second-order valence-electron chi connectivity index (χ2n) is 2.53. The smallest absolute Gasteiger partial charge is 0.133 e. The molecule has 2 nitrogen and oxygen atoms in total. The van der Waals surface area contributed by atoms with E-state index >= 15 is 0 Å². The Morgan fingerprint density at radius 2 is 2.31 bits per heavy atom. The largest absolute Gasteiger partial charge is 0.306 e. The molecular formula is C9H9ClFNO. The first kappa shape index (κ1) is 10.2. The molecule has 0 radical (unpaired) electrons. The van der Waals surface area contributed by atoms with E-state index < -0.39 is 0 Å². The highest BCUT2D eigenvalue weighted by atomic mass is 35.5. The third kappa shape index (κ3) is 3.13. The van der Waals surface area contributed by atoms with Crippen LogP contribution >= 0.6 is 11.6 Å². The molecule has 1 aromatic rings. The Kier molecular flexibility index (Phi) is 3.86. The number of carbonyl (C=O) groups is 1. The van der Waals surface area contributed by atoms with Gasteiger partial charge in [0.1, 0.15) is 12.1 Å². The minimum atomic E-state index is -0.317. The van der Waals surface area contributed by atoms with Crippen molar-refractivity contribution >= 4 is 17.9 Å². The summed E-state index contributed by atoms with van der Waals surface area (Å²) in [6.07, 6.45) is 0.725. The van der Waals surface area contributed by atoms with Gasteiger partial charge in [0.2, 0.25) is 0 Å². The lowest BCUT2D eigenvalue weighted by molar-refractivity contribution is -0.107. The predicted molar refractivity (Wildman–Crippen MR) is 49.2 cm³/mol. The highest BCUT2D eigenvalue weighted by Gasteiger charge is 2.01. The summed E-state index contributed by atoms with van der Waals surface area (Å²) in [5.41, 5.74) is 0.467. The van der Waals surface area contributed by atoms with Gasteiger partial charge in [-0.05, 0) is 18.2 Å². The summed E-state index contributed by atoms with van der Waals surface area (Å²) >= 11 is 5.67. The summed E-state index contributed by atoms with van der Waals surface area (Å²) in [5.74, 6) is -0.317. The molecule has 70 valence electrons. The Morgan fingerprint density at radius 3 is 3.00 bits per heavy atom. The van der Waals surface area contributed by atoms with E-state index in [0.717, 1.165) is 6.29 Å². The molecule has 0 heterocycles. The van der Waals surface area contributed by atoms with Crippen molar-refractivity contribution in [2.24, 2.45) is 0 Å². The van der Waals surface area contributed by atoms with Gasteiger partial charge in [-0.15, -0.1) is 0 Å². The van der Waals surface area contributed by atoms with Gasteiger partial charge in [0, 0.05) is 17.1 Å². The zero-order chi connectivity index (χ0) is 9.68. The maximum Gasteiger partial charge on any atom is 0.133 e. The van der Waals surface area contributed by atoms with E-state index in [2.05, 4.69) is 5.32 Å². The summed E-state index contributed by atoms with van der Waals surface area (Å²) < 4.78 is 13.0. The Bertz CT molecular complexity index is 304. The fraction of sp³-hybridized carbons (Fsp3) is 0.222. The van der Waals surface area contributed by atoms with Crippen LogP contribution in [0, 0.1) is 5.82 Å². The molecule has 4 heteroatoms. The van der Waals surface area contributed by atoms with Crippen molar-refractivity contribution in [3.05, 3.63) is 34.6 Å². The second kappa shape index (κ2) is 4.94. The molecule has 0 amide bonds. The fourth-order valence-electron chi connectivity index (χ4n) is 0.945. The van der Waals surface area contributed by atoms with E-state index in [0.29, 0.717) is 17.1 Å². The molecule has 0 atom stereocenters. The molecule has 0 unspecified atom stereocenters. The third-order valence-corrected chi connectivity index (χ3v) is 1.79. The first-order valence-electron chi connectivity index (χ1n) is 3.82. The number of hydrogen-bond donors (Lipinski definition) is 1. The summed E-state index contributed by atoms with van der Waals surface area (Å²) in [6, 6.07) is 4.33. The van der Waals surface area contributed by atoms with Crippen LogP contribution in [0.25, 0.3) is 0 Å². The molecule has 1 rings (SSSR count). The van der Waals surface area contributed by atoms with Crippen molar-refractivity contribution in [2.45, 2.75) is 6.54 Å². The van der Waals surface area contributed by atoms with Gasteiger partial charge in [-0.3, -0.25) is 0 Å². The zero-order valence-electron chi connectivity index (χ0n) is 6.89. The lowest BCUT2D eigenvalue weighted by atomic mass is 10.2. The molecule has 0 bridgehead atoms. The summed E-state index contributed by atoms with van der Waals surface area (Å²) in [4.78, 5) is 9.96. The SMILES string of the molecule is O=CCNCc1cc(Cl)ccc1F. The minimum absolute atomic E-state index is 0.214. The van der Waals surface area contributed by atoms with Crippen LogP contribution < -0.4 is 5.32 Å². The molecule has 0 fully saturated rings. The topological polar surface area (TPSA) is 29.1 Å². The van der Waals surface area contributed by atoms with Gasteiger partial charge in [0.25, 0.3) is 0 Å². The van der Waals surface area contributed by atoms with Crippen LogP contribution in [-0.4, -0.2) is 12.8 Å². The molecule has 13 heavy (non-hydrogen) atoms. The van der Waals surface area contributed by atoms with Gasteiger partial charge in [0.15, 0.2) is 0 Å². The van der Waals surface area contributed by atoms with Crippen molar-refractivity contribution in [2.75, 3.05) is 6.54 Å². The highest BCUT2D eigenvalue weighted by Crippen LogP contribution is 2.14. The van der Waals surface area contributed by atoms with Crippen LogP contribution in [0.2, 0.25) is 5.02 Å². The zero-order valence-corrected chi connectivity index (χ0v) is 7.64. The maximum atomic E-state index is 13.0. The van der Waals surface area contributed by atoms with Crippen molar-refractivity contribution in [1.29, 1.82) is 0 Å². The fourth-order valence-corrected chi connectivity index (χ4v) is 1.14. The van der Waals surface area contributed by atoms with Crippen molar-refractivity contribution in [3.63, 3.8) is 0 Å². The Balaban J connectivity index is 2.64. The molecule has 0 saturated carbocycles. The van der Waals surface area contributed by atoms with E-state index in [9.17, 15) is 9.18 Å². The van der Waals surface area contributed by atoms with Gasteiger partial charge in [-0.25, -0.2) is 4.39 Å². The predicted octanol–water partition coefficient (Wildman–Crippen LogP) is 1.77. The third-order valence-electron chi connectivity index (χ3n) is 1.55. The molecular weight excluding hydrogens is 193 g/mol. The average Bonchev–Trinajstić information content (AvgIpc) is 2.11. The summed E-state index contributed by atoms with van der Waals surface area (Å²) in [5, 5.41) is 3.24. The van der Waals surface area contributed by atoms with E-state index in [1.165, 1.54) is 18.2 Å². The number of halogens is 2. The summed E-state index contributed by atoms with van der Waals surface area (Å²) in [6.45, 7) is 0.525. The quantitative estimate of drug-likeness (QED) is 0.594. The van der Waals surface area contributed by atoms with Crippen molar-refractivity contribution in [3.8, 4) is 0 Å². The number of benzene rings is 1. The number of rotatable bonds is 4. The van der Waals surface area contributed by atoms with Crippen LogP contribution in [0.5, 0.6) is 0 Å². The van der Waals surface area contributed by atoms with Crippen molar-refractivity contribution < 1.29 is 9.18 Å². The lowest BCUT2D eigenvalue weighted by Crippen LogP contribution is -2.16. The molecule has 0 aromatic heterocycles. The molecule has 1 aromatic carbocycles. The molecule has 0 spiro atoms. The first-order valence-corrected chi connectivity index (χ1v) is 4.20. The maximum absolute atomic E-state index is 13.0. The number of aldehydes is 1. The van der Waals surface area contributed by atoms with Gasteiger partial charge in [-0.2, -0.15) is 0 Å². The summed E-state index contributed by atoms with van der Waals surface area (Å²) in [7, 11) is 0. The normalized spacial score (nSPS) is 10.0. The number of hydrogen-bond acceptors (Lipinski definition) is 2. The Morgan fingerprint density at radius 1 is 1.54 bits per heavy atom. The van der Waals surface area contributed by atoms with E-state index in [1.807, 2.05) is 0 Å². The molecule has 0 aliphatic rings. The van der Waals surface area contributed by atoms with Crippen LogP contribution in [0.4, 0.5) is 4.39 Å². The number of carbonyl (C=O) groups excluding carboxylic acids is 1. The van der Waals surface area contributed by atoms with Crippen LogP contribution in [-0.2, 0) is 11.3 Å². The monoisotopic (exact) mass is 201 g/mol. The van der Waals surface area contributed by atoms with Gasteiger partial charge in [-0.1, -0.05) is 11.6 Å². The molecule has 0 saturated heterocycles. The lowest BCUT2D eigenvalue weighted by Gasteiger charge is -2.03. The van der Waals surface area contributed by atoms with E-state index in [1.54, 1.807) is 0 Å². The standard InChI is InChI=1S/C9H9ClFNO/c10-8-1-2-9(11)7(5-8)6-12-3-4-13/h1-2,4-5,12H,3,6H2. The molecule has 1 N–H and O–H groups in total. The Labute approximate surface area is 80.7 Å². The van der Waals surface area contributed by atoms with Crippen molar-refractivity contribution in [1.82, 2.24) is 5.32 Å².